The Morgan fingerprint density at radius 2 is 1.80 bits per heavy atom. The fourth-order valence-electron chi connectivity index (χ4n) is 2.82. The number of rotatable bonds is 4. The smallest absolute Gasteiger partial charge is 0.0476 e. The summed E-state index contributed by atoms with van der Waals surface area (Å²) in [5, 5.41) is 7.29. The van der Waals surface area contributed by atoms with Crippen molar-refractivity contribution >= 4 is 15.9 Å². The maximum atomic E-state index is 3.69. The van der Waals surface area contributed by atoms with Gasteiger partial charge in [-0.3, -0.25) is 0 Å². The molecule has 1 aliphatic rings. The summed E-state index contributed by atoms with van der Waals surface area (Å²) in [7, 11) is 0. The van der Waals surface area contributed by atoms with Crippen LogP contribution in [0.15, 0.2) is 59.1 Å². The summed E-state index contributed by atoms with van der Waals surface area (Å²) >= 11 is 3.61. The van der Waals surface area contributed by atoms with Crippen LogP contribution in [0.1, 0.15) is 23.6 Å². The van der Waals surface area contributed by atoms with E-state index in [1.807, 2.05) is 0 Å². The molecule has 1 fully saturated rings. The van der Waals surface area contributed by atoms with Gasteiger partial charge >= 0.3 is 0 Å². The second-order valence-corrected chi connectivity index (χ2v) is 6.06. The topological polar surface area (TPSA) is 24.1 Å². The lowest BCUT2D eigenvalue weighted by atomic mass is 10.0. The van der Waals surface area contributed by atoms with E-state index in [2.05, 4.69) is 81.2 Å². The van der Waals surface area contributed by atoms with Crippen molar-refractivity contribution < 1.29 is 0 Å². The van der Waals surface area contributed by atoms with E-state index in [4.69, 9.17) is 0 Å². The van der Waals surface area contributed by atoms with E-state index in [0.29, 0.717) is 12.1 Å². The zero-order valence-corrected chi connectivity index (χ0v) is 12.9. The summed E-state index contributed by atoms with van der Waals surface area (Å²) in [4.78, 5) is 0. The van der Waals surface area contributed by atoms with Gasteiger partial charge in [-0.15, -0.1) is 0 Å². The van der Waals surface area contributed by atoms with Gasteiger partial charge in [-0.05, 0) is 30.2 Å². The molecule has 1 heterocycles. The molecular formula is C17H19BrN2. The minimum Gasteiger partial charge on any atom is -0.309 e. The van der Waals surface area contributed by atoms with Crippen LogP contribution < -0.4 is 10.6 Å². The van der Waals surface area contributed by atoms with Crippen LogP contribution in [0.5, 0.6) is 0 Å². The molecule has 0 saturated carbocycles. The highest BCUT2D eigenvalue weighted by Crippen LogP contribution is 2.24. The molecule has 1 aliphatic heterocycles. The Bertz CT molecular complexity index is 556. The Morgan fingerprint density at radius 1 is 1.05 bits per heavy atom. The molecule has 0 bridgehead atoms. The van der Waals surface area contributed by atoms with Gasteiger partial charge in [0.05, 0.1) is 0 Å². The minimum atomic E-state index is 0.415. The fraction of sp³-hybridized carbons (Fsp3) is 0.294. The van der Waals surface area contributed by atoms with Gasteiger partial charge in [-0.1, -0.05) is 64.5 Å². The van der Waals surface area contributed by atoms with Gasteiger partial charge in [0.25, 0.3) is 0 Å². The highest BCUT2D eigenvalue weighted by atomic mass is 79.9. The van der Waals surface area contributed by atoms with E-state index in [0.717, 1.165) is 13.1 Å². The molecule has 0 aliphatic carbocycles. The third kappa shape index (κ3) is 3.11. The monoisotopic (exact) mass is 330 g/mol. The highest BCUT2D eigenvalue weighted by Gasteiger charge is 2.27. The predicted molar refractivity (Wildman–Crippen MR) is 86.6 cm³/mol. The van der Waals surface area contributed by atoms with E-state index in [1.165, 1.54) is 22.0 Å². The standard InChI is InChI=1S/C17H19BrN2/c18-15-9-5-4-8-14(15)12-20-16-10-11-19-17(16)13-6-2-1-3-7-13/h1-9,16-17,19-20H,10-12H2/t16-,17-/m0/s1. The lowest BCUT2D eigenvalue weighted by Crippen LogP contribution is -2.34. The van der Waals surface area contributed by atoms with Gasteiger partial charge in [-0.25, -0.2) is 0 Å². The van der Waals surface area contributed by atoms with Crippen molar-refractivity contribution in [3.05, 3.63) is 70.2 Å². The molecule has 2 atom stereocenters. The third-order valence-corrected chi connectivity index (χ3v) is 4.67. The van der Waals surface area contributed by atoms with E-state index < -0.39 is 0 Å². The summed E-state index contributed by atoms with van der Waals surface area (Å²) in [5.74, 6) is 0. The largest absolute Gasteiger partial charge is 0.309 e. The molecule has 0 aromatic heterocycles. The van der Waals surface area contributed by atoms with Crippen LogP contribution in [-0.4, -0.2) is 12.6 Å². The molecule has 0 radical (unpaired) electrons. The molecule has 2 N–H and O–H groups in total. The van der Waals surface area contributed by atoms with Crippen LogP contribution >= 0.6 is 15.9 Å². The van der Waals surface area contributed by atoms with Crippen LogP contribution in [0.3, 0.4) is 0 Å². The van der Waals surface area contributed by atoms with Gasteiger partial charge in [-0.2, -0.15) is 0 Å². The molecule has 2 aromatic carbocycles. The number of hydrogen-bond acceptors (Lipinski definition) is 2. The molecular weight excluding hydrogens is 312 g/mol. The molecule has 2 nitrogen and oxygen atoms in total. The Hall–Kier alpha value is -1.16. The molecule has 3 rings (SSSR count). The molecule has 104 valence electrons. The molecule has 0 unspecified atom stereocenters. The molecule has 0 amide bonds. The molecule has 20 heavy (non-hydrogen) atoms. The first kappa shape index (κ1) is 13.8. The van der Waals surface area contributed by atoms with Crippen molar-refractivity contribution in [1.82, 2.24) is 10.6 Å². The second-order valence-electron chi connectivity index (χ2n) is 5.21. The van der Waals surface area contributed by atoms with Crippen LogP contribution in [0.4, 0.5) is 0 Å². The summed E-state index contributed by atoms with van der Waals surface area (Å²) in [6.45, 7) is 1.98. The van der Waals surface area contributed by atoms with E-state index in [9.17, 15) is 0 Å². The molecule has 3 heteroatoms. The third-order valence-electron chi connectivity index (χ3n) is 3.89. The maximum Gasteiger partial charge on any atom is 0.0476 e. The lowest BCUT2D eigenvalue weighted by molar-refractivity contribution is 0.460. The van der Waals surface area contributed by atoms with E-state index in [1.54, 1.807) is 0 Å². The normalized spacial score (nSPS) is 22.1. The SMILES string of the molecule is Brc1ccccc1CN[C@H]1CCN[C@H]1c1ccccc1. The van der Waals surface area contributed by atoms with Crippen LogP contribution in [0, 0.1) is 0 Å². The van der Waals surface area contributed by atoms with Crippen LogP contribution in [0.25, 0.3) is 0 Å². The van der Waals surface area contributed by atoms with Crippen LogP contribution in [0.2, 0.25) is 0 Å². The van der Waals surface area contributed by atoms with Crippen molar-refractivity contribution in [2.24, 2.45) is 0 Å². The molecule has 0 spiro atoms. The van der Waals surface area contributed by atoms with Crippen LogP contribution in [-0.2, 0) is 6.54 Å². The van der Waals surface area contributed by atoms with Gasteiger partial charge in [0.15, 0.2) is 0 Å². The number of hydrogen-bond donors (Lipinski definition) is 2. The van der Waals surface area contributed by atoms with E-state index in [-0.39, 0.29) is 0 Å². The zero-order chi connectivity index (χ0) is 13.8. The minimum absolute atomic E-state index is 0.415. The van der Waals surface area contributed by atoms with Crippen molar-refractivity contribution in [2.75, 3.05) is 6.54 Å². The number of nitrogens with one attached hydrogen (secondary N) is 2. The Morgan fingerprint density at radius 3 is 2.60 bits per heavy atom. The van der Waals surface area contributed by atoms with Crippen molar-refractivity contribution in [3.63, 3.8) is 0 Å². The first-order chi connectivity index (χ1) is 9.84. The summed E-state index contributed by atoms with van der Waals surface area (Å²) < 4.78 is 1.18. The average Bonchev–Trinajstić information content (AvgIpc) is 2.96. The molecule has 1 saturated heterocycles. The fourth-order valence-corrected chi connectivity index (χ4v) is 3.24. The Balaban J connectivity index is 1.67. The van der Waals surface area contributed by atoms with Gasteiger partial charge < -0.3 is 10.6 Å². The zero-order valence-electron chi connectivity index (χ0n) is 11.4. The van der Waals surface area contributed by atoms with Crippen molar-refractivity contribution in [3.8, 4) is 0 Å². The van der Waals surface area contributed by atoms with E-state index >= 15 is 0 Å². The van der Waals surface area contributed by atoms with Crippen molar-refractivity contribution in [2.45, 2.75) is 25.0 Å². The average molecular weight is 331 g/mol. The first-order valence-corrected chi connectivity index (χ1v) is 7.89. The van der Waals surface area contributed by atoms with Gasteiger partial charge in [0, 0.05) is 23.1 Å². The quantitative estimate of drug-likeness (QED) is 0.894. The summed E-state index contributed by atoms with van der Waals surface area (Å²) in [6, 6.07) is 20.0. The van der Waals surface area contributed by atoms with Gasteiger partial charge in [0.1, 0.15) is 0 Å². The van der Waals surface area contributed by atoms with Gasteiger partial charge in [0.2, 0.25) is 0 Å². The highest BCUT2D eigenvalue weighted by molar-refractivity contribution is 9.10. The Kier molecular flexibility index (Phi) is 4.51. The lowest BCUT2D eigenvalue weighted by Gasteiger charge is -2.21. The first-order valence-electron chi connectivity index (χ1n) is 7.10. The summed E-state index contributed by atoms with van der Waals surface area (Å²) in [5.41, 5.74) is 2.68. The maximum absolute atomic E-state index is 3.69. The second kappa shape index (κ2) is 6.53. The van der Waals surface area contributed by atoms with Crippen molar-refractivity contribution in [1.29, 1.82) is 0 Å². The number of halogens is 1. The predicted octanol–water partition coefficient (Wildman–Crippen LogP) is 3.64. The Labute approximate surface area is 128 Å². The number of benzene rings is 2. The molecule has 2 aromatic rings. The summed E-state index contributed by atoms with van der Waals surface area (Å²) in [6.07, 6.45) is 1.17.